The molecule has 4 aliphatic carbocycles. The van der Waals surface area contributed by atoms with E-state index >= 15 is 0 Å². The molecule has 7 nitrogen and oxygen atoms in total. The number of hydrogen-bond donors (Lipinski definition) is 0. The average molecular weight is 497 g/mol. The summed E-state index contributed by atoms with van der Waals surface area (Å²) in [5.74, 6) is -0.397. The first-order valence-corrected chi connectivity index (χ1v) is 13.1. The monoisotopic (exact) mass is 496 g/mol. The fraction of sp³-hybridized carbons (Fsp3) is 0.400. The molecular weight excluding hydrogens is 468 g/mol. The summed E-state index contributed by atoms with van der Waals surface area (Å²) in [5.41, 5.74) is 3.43. The summed E-state index contributed by atoms with van der Waals surface area (Å²) in [5, 5.41) is 0. The largest absolute Gasteiger partial charge is 0.426 e. The highest BCUT2D eigenvalue weighted by atomic mass is 16.5. The molecule has 7 atom stereocenters. The van der Waals surface area contributed by atoms with Crippen molar-refractivity contribution in [3.05, 3.63) is 65.7 Å². The van der Waals surface area contributed by atoms with E-state index in [1.54, 1.807) is 29.2 Å². The number of hydrogen-bond acceptors (Lipinski definition) is 5. The van der Waals surface area contributed by atoms with Crippen LogP contribution in [-0.4, -0.2) is 30.2 Å². The number of aryl methyl sites for hydroxylation is 2. The number of rotatable bonds is 4. The SMILES string of the molecule is Cc1ccc(N2C[C@H](C(=O)Oc3cccc(N4C(=O)[C@@H]5[C@H]6C=C[C@@H]([C@@H]7C[C@@H]67)[C@@H]5C4=O)c3)CC2=O)cc1C. The Morgan fingerprint density at radius 1 is 0.865 bits per heavy atom. The Hall–Kier alpha value is -3.74. The molecule has 7 heteroatoms. The summed E-state index contributed by atoms with van der Waals surface area (Å²) in [6.07, 6.45) is 5.50. The highest BCUT2D eigenvalue weighted by Gasteiger charge is 2.67. The number of nitrogens with zero attached hydrogens (tertiary/aromatic N) is 2. The van der Waals surface area contributed by atoms with Crippen molar-refractivity contribution in [2.24, 2.45) is 41.4 Å². The van der Waals surface area contributed by atoms with Crippen molar-refractivity contribution in [1.29, 1.82) is 0 Å². The van der Waals surface area contributed by atoms with Crippen LogP contribution < -0.4 is 14.5 Å². The molecule has 2 heterocycles. The van der Waals surface area contributed by atoms with Gasteiger partial charge in [-0.05, 0) is 79.3 Å². The Kier molecular flexibility index (Phi) is 4.78. The minimum Gasteiger partial charge on any atom is -0.426 e. The number of carbonyl (C=O) groups excluding carboxylic acids is 4. The average Bonchev–Trinajstić information content (AvgIpc) is 3.56. The number of esters is 1. The van der Waals surface area contributed by atoms with Crippen molar-refractivity contribution in [1.82, 2.24) is 0 Å². The number of carbonyl (C=O) groups is 4. The zero-order valence-corrected chi connectivity index (χ0v) is 20.8. The van der Waals surface area contributed by atoms with Crippen LogP contribution >= 0.6 is 0 Å². The van der Waals surface area contributed by atoms with Gasteiger partial charge in [-0.15, -0.1) is 0 Å². The molecule has 4 fully saturated rings. The fourth-order valence-corrected chi connectivity index (χ4v) is 7.11. The lowest BCUT2D eigenvalue weighted by Gasteiger charge is -2.37. The topological polar surface area (TPSA) is 84.0 Å². The summed E-state index contributed by atoms with van der Waals surface area (Å²) in [6.45, 7) is 4.26. The maximum absolute atomic E-state index is 13.4. The van der Waals surface area contributed by atoms with Crippen LogP contribution in [0.4, 0.5) is 11.4 Å². The molecule has 188 valence electrons. The van der Waals surface area contributed by atoms with Crippen LogP contribution in [0.25, 0.3) is 0 Å². The zero-order chi connectivity index (χ0) is 25.6. The smallest absolute Gasteiger partial charge is 0.316 e. The number of anilines is 2. The van der Waals surface area contributed by atoms with E-state index in [9.17, 15) is 19.2 Å². The van der Waals surface area contributed by atoms with E-state index in [0.717, 1.165) is 23.2 Å². The molecule has 0 radical (unpaired) electrons. The Bertz CT molecular complexity index is 1380. The van der Waals surface area contributed by atoms with E-state index in [1.807, 2.05) is 32.0 Å². The van der Waals surface area contributed by atoms with Gasteiger partial charge in [0.2, 0.25) is 17.7 Å². The number of allylic oxidation sites excluding steroid dienone is 2. The molecule has 3 amide bonds. The van der Waals surface area contributed by atoms with Gasteiger partial charge in [-0.25, -0.2) is 4.90 Å². The van der Waals surface area contributed by atoms with Crippen LogP contribution in [-0.2, 0) is 19.2 Å². The first kappa shape index (κ1) is 22.5. The second-order valence-electron chi connectivity index (χ2n) is 11.3. The maximum Gasteiger partial charge on any atom is 0.316 e. The van der Waals surface area contributed by atoms with Gasteiger partial charge in [-0.2, -0.15) is 0 Å². The highest BCUT2D eigenvalue weighted by molar-refractivity contribution is 6.22. The van der Waals surface area contributed by atoms with Gasteiger partial charge < -0.3 is 9.64 Å². The maximum atomic E-state index is 13.4. The van der Waals surface area contributed by atoms with Gasteiger partial charge in [0.25, 0.3) is 0 Å². The Balaban J connectivity index is 1.07. The molecule has 8 rings (SSSR count). The number of benzene rings is 2. The molecule has 0 unspecified atom stereocenters. The quantitative estimate of drug-likeness (QED) is 0.278. The third-order valence-corrected chi connectivity index (χ3v) is 9.22. The van der Waals surface area contributed by atoms with Crippen LogP contribution in [0.3, 0.4) is 0 Å². The van der Waals surface area contributed by atoms with Gasteiger partial charge in [-0.1, -0.05) is 24.3 Å². The first-order chi connectivity index (χ1) is 17.8. The van der Waals surface area contributed by atoms with E-state index in [2.05, 4.69) is 12.2 Å². The molecule has 0 N–H and O–H groups in total. The standard InChI is InChI=1S/C30H28N2O5/c1-15-6-7-18(10-16(15)2)31-14-17(11-25(31)33)30(36)37-20-5-3-4-19(12-20)32-28(34)26-21-8-9-22(24-13-23(21)24)27(26)29(32)35/h3-10,12,17,21-24,26-27H,11,13-14H2,1-2H3/t17-,21+,22+,23+,24+,26-,27+/m1/s1. The van der Waals surface area contributed by atoms with Crippen LogP contribution in [0.2, 0.25) is 0 Å². The van der Waals surface area contributed by atoms with Gasteiger partial charge in [0.1, 0.15) is 5.75 Å². The minimum atomic E-state index is -0.593. The summed E-state index contributed by atoms with van der Waals surface area (Å²) in [7, 11) is 0. The molecule has 2 aliphatic heterocycles. The summed E-state index contributed by atoms with van der Waals surface area (Å²) in [6, 6.07) is 12.4. The molecule has 37 heavy (non-hydrogen) atoms. The van der Waals surface area contributed by atoms with Crippen LogP contribution in [0, 0.1) is 55.3 Å². The second kappa shape index (κ2) is 7.88. The van der Waals surface area contributed by atoms with Crippen LogP contribution in [0.15, 0.2) is 54.6 Å². The van der Waals surface area contributed by atoms with Gasteiger partial charge >= 0.3 is 5.97 Å². The Morgan fingerprint density at radius 2 is 1.57 bits per heavy atom. The third kappa shape index (κ3) is 3.32. The zero-order valence-electron chi connectivity index (χ0n) is 20.8. The van der Waals surface area contributed by atoms with Gasteiger partial charge in [0.15, 0.2) is 0 Å². The van der Waals surface area contributed by atoms with Gasteiger partial charge in [0, 0.05) is 24.7 Å². The number of ether oxygens (including phenoxy) is 1. The van der Waals surface area contributed by atoms with E-state index in [0.29, 0.717) is 17.5 Å². The predicted molar refractivity (Wildman–Crippen MR) is 136 cm³/mol. The fourth-order valence-electron chi connectivity index (χ4n) is 7.11. The second-order valence-corrected chi connectivity index (χ2v) is 11.3. The predicted octanol–water partition coefficient (Wildman–Crippen LogP) is 3.82. The van der Waals surface area contributed by atoms with E-state index in [1.165, 1.54) is 4.90 Å². The molecule has 2 aromatic carbocycles. The van der Waals surface area contributed by atoms with Crippen LogP contribution in [0.1, 0.15) is 24.0 Å². The van der Waals surface area contributed by atoms with E-state index < -0.39 is 11.9 Å². The van der Waals surface area contributed by atoms with Crippen LogP contribution in [0.5, 0.6) is 5.75 Å². The van der Waals surface area contributed by atoms with Gasteiger partial charge in [-0.3, -0.25) is 19.2 Å². The molecule has 6 aliphatic rings. The van der Waals surface area contributed by atoms with Crippen molar-refractivity contribution in [3.63, 3.8) is 0 Å². The van der Waals surface area contributed by atoms with E-state index in [4.69, 9.17) is 4.74 Å². The van der Waals surface area contributed by atoms with Crippen molar-refractivity contribution in [3.8, 4) is 5.75 Å². The molecule has 0 spiro atoms. The normalized spacial score (nSPS) is 33.1. The number of imide groups is 1. The third-order valence-electron chi connectivity index (χ3n) is 9.22. The van der Waals surface area contributed by atoms with Crippen molar-refractivity contribution < 1.29 is 23.9 Å². The highest BCUT2D eigenvalue weighted by Crippen LogP contribution is 2.65. The van der Waals surface area contributed by atoms with Crippen molar-refractivity contribution >= 4 is 35.1 Å². The van der Waals surface area contributed by atoms with Crippen molar-refractivity contribution in [2.45, 2.75) is 26.7 Å². The molecular formula is C30H28N2O5. The lowest BCUT2D eigenvalue weighted by Crippen LogP contribution is -2.40. The molecule has 2 bridgehead atoms. The molecule has 2 saturated carbocycles. The van der Waals surface area contributed by atoms with Gasteiger partial charge in [0.05, 0.1) is 23.4 Å². The molecule has 2 aromatic rings. The first-order valence-electron chi connectivity index (χ1n) is 13.1. The Morgan fingerprint density at radius 3 is 2.24 bits per heavy atom. The minimum absolute atomic E-state index is 0.0794. The van der Waals surface area contributed by atoms with Crippen molar-refractivity contribution in [2.75, 3.05) is 16.3 Å². The van der Waals surface area contributed by atoms with E-state index in [-0.39, 0.29) is 60.1 Å². The lowest BCUT2D eigenvalue weighted by atomic mass is 9.63. The number of amides is 3. The summed E-state index contributed by atoms with van der Waals surface area (Å²) in [4.78, 5) is 55.4. The lowest BCUT2D eigenvalue weighted by molar-refractivity contribution is -0.139. The summed E-state index contributed by atoms with van der Waals surface area (Å²) < 4.78 is 5.66. The molecule has 0 aromatic heterocycles. The molecule has 2 saturated heterocycles. The summed E-state index contributed by atoms with van der Waals surface area (Å²) >= 11 is 0. The Labute approximate surface area is 215 Å².